The SMILES string of the molecule is C=CN(c1nc(-c2ccccc2)c(C(=C)N(C)C)s1)c1cc(OC)c(C)cc1C. The Hall–Kier alpha value is -3.05. The van der Waals surface area contributed by atoms with Gasteiger partial charge in [-0.3, -0.25) is 4.90 Å². The van der Waals surface area contributed by atoms with Crippen molar-refractivity contribution in [2.24, 2.45) is 0 Å². The standard InChI is InChI=1S/C24H27N3OS/c1-8-27(20-15-21(28-7)17(3)14-16(20)2)24-25-22(19-12-10-9-11-13-19)23(29-24)18(4)26(5)6/h8-15H,1,4H2,2-3,5-7H3. The maximum absolute atomic E-state index is 5.54. The van der Waals surface area contributed by atoms with Crippen molar-refractivity contribution in [2.45, 2.75) is 13.8 Å². The molecular weight excluding hydrogens is 378 g/mol. The summed E-state index contributed by atoms with van der Waals surface area (Å²) in [6, 6.07) is 14.4. The second-order valence-electron chi connectivity index (χ2n) is 7.04. The molecule has 5 heteroatoms. The van der Waals surface area contributed by atoms with Crippen LogP contribution in [0.25, 0.3) is 17.0 Å². The first-order valence-electron chi connectivity index (χ1n) is 9.37. The van der Waals surface area contributed by atoms with E-state index in [4.69, 9.17) is 9.72 Å². The first-order chi connectivity index (χ1) is 13.9. The molecule has 0 aliphatic carbocycles. The second-order valence-corrected chi connectivity index (χ2v) is 8.02. The van der Waals surface area contributed by atoms with E-state index in [2.05, 4.69) is 38.3 Å². The number of hydrogen-bond donors (Lipinski definition) is 0. The first-order valence-corrected chi connectivity index (χ1v) is 10.2. The first kappa shape index (κ1) is 20.7. The average Bonchev–Trinajstić information content (AvgIpc) is 3.15. The molecule has 0 atom stereocenters. The number of hydrogen-bond acceptors (Lipinski definition) is 5. The van der Waals surface area contributed by atoms with Gasteiger partial charge in [-0.15, -0.1) is 0 Å². The van der Waals surface area contributed by atoms with Gasteiger partial charge in [0.05, 0.1) is 23.4 Å². The second kappa shape index (κ2) is 8.53. The van der Waals surface area contributed by atoms with Crippen LogP contribution in [0.4, 0.5) is 10.8 Å². The van der Waals surface area contributed by atoms with Gasteiger partial charge >= 0.3 is 0 Å². The Labute approximate surface area is 177 Å². The summed E-state index contributed by atoms with van der Waals surface area (Å²) >= 11 is 1.61. The molecule has 3 aromatic rings. The Morgan fingerprint density at radius 2 is 1.79 bits per heavy atom. The van der Waals surface area contributed by atoms with Gasteiger partial charge in [-0.2, -0.15) is 0 Å². The third kappa shape index (κ3) is 4.05. The topological polar surface area (TPSA) is 28.6 Å². The molecule has 0 aliphatic heterocycles. The summed E-state index contributed by atoms with van der Waals surface area (Å²) in [6.07, 6.45) is 1.80. The summed E-state index contributed by atoms with van der Waals surface area (Å²) in [7, 11) is 5.68. The van der Waals surface area contributed by atoms with Crippen molar-refractivity contribution in [3.8, 4) is 17.0 Å². The van der Waals surface area contributed by atoms with Gasteiger partial charge in [0, 0.05) is 37.6 Å². The number of anilines is 2. The molecule has 0 saturated heterocycles. The van der Waals surface area contributed by atoms with Gasteiger partial charge < -0.3 is 9.64 Å². The molecule has 29 heavy (non-hydrogen) atoms. The molecule has 0 radical (unpaired) electrons. The summed E-state index contributed by atoms with van der Waals surface area (Å²) < 4.78 is 5.54. The van der Waals surface area contributed by atoms with Crippen molar-refractivity contribution < 1.29 is 4.74 Å². The molecule has 0 aliphatic rings. The van der Waals surface area contributed by atoms with Crippen molar-refractivity contribution >= 4 is 27.9 Å². The number of aryl methyl sites for hydroxylation is 2. The van der Waals surface area contributed by atoms with Crippen molar-refractivity contribution in [1.29, 1.82) is 0 Å². The minimum Gasteiger partial charge on any atom is -0.496 e. The summed E-state index contributed by atoms with van der Waals surface area (Å²) in [6.45, 7) is 12.4. The Balaban J connectivity index is 2.17. The lowest BCUT2D eigenvalue weighted by atomic mass is 10.1. The van der Waals surface area contributed by atoms with E-state index >= 15 is 0 Å². The zero-order valence-corrected chi connectivity index (χ0v) is 18.5. The Morgan fingerprint density at radius 1 is 1.10 bits per heavy atom. The number of thiazole rings is 1. The van der Waals surface area contributed by atoms with Crippen LogP contribution in [-0.4, -0.2) is 31.1 Å². The zero-order valence-electron chi connectivity index (χ0n) is 17.7. The number of rotatable bonds is 7. The van der Waals surface area contributed by atoms with E-state index in [1.807, 2.05) is 55.1 Å². The summed E-state index contributed by atoms with van der Waals surface area (Å²) in [4.78, 5) is 10.1. The molecule has 150 valence electrons. The Morgan fingerprint density at radius 3 is 2.38 bits per heavy atom. The minimum atomic E-state index is 0.839. The molecular formula is C24H27N3OS. The van der Waals surface area contributed by atoms with E-state index in [-0.39, 0.29) is 0 Å². The summed E-state index contributed by atoms with van der Waals surface area (Å²) in [5, 5.41) is 0.839. The molecule has 0 bridgehead atoms. The molecule has 0 spiro atoms. The van der Waals surface area contributed by atoms with Crippen LogP contribution in [0, 0.1) is 13.8 Å². The smallest absolute Gasteiger partial charge is 0.195 e. The molecule has 0 unspecified atom stereocenters. The lowest BCUT2D eigenvalue weighted by molar-refractivity contribution is 0.411. The number of methoxy groups -OCH3 is 1. The van der Waals surface area contributed by atoms with Gasteiger partial charge in [-0.05, 0) is 25.0 Å². The lowest BCUT2D eigenvalue weighted by Crippen LogP contribution is -2.09. The predicted octanol–water partition coefficient (Wildman–Crippen LogP) is 6.25. The van der Waals surface area contributed by atoms with Gasteiger partial charge in [0.1, 0.15) is 5.75 Å². The van der Waals surface area contributed by atoms with Gasteiger partial charge in [0.15, 0.2) is 5.13 Å². The van der Waals surface area contributed by atoms with E-state index in [0.717, 1.165) is 49.5 Å². The number of ether oxygens (including phenoxy) is 1. The van der Waals surface area contributed by atoms with E-state index in [1.165, 1.54) is 0 Å². The van der Waals surface area contributed by atoms with Crippen LogP contribution in [0.3, 0.4) is 0 Å². The monoisotopic (exact) mass is 405 g/mol. The zero-order chi connectivity index (χ0) is 21.1. The fourth-order valence-electron chi connectivity index (χ4n) is 3.18. The van der Waals surface area contributed by atoms with Crippen molar-refractivity contribution in [3.63, 3.8) is 0 Å². The number of nitrogens with zero attached hydrogens (tertiary/aromatic N) is 3. The minimum absolute atomic E-state index is 0.839. The molecule has 1 heterocycles. The highest BCUT2D eigenvalue weighted by Crippen LogP contribution is 2.41. The highest BCUT2D eigenvalue weighted by molar-refractivity contribution is 7.17. The van der Waals surface area contributed by atoms with Crippen LogP contribution in [0.15, 0.2) is 61.8 Å². The highest BCUT2D eigenvalue weighted by Gasteiger charge is 2.21. The van der Waals surface area contributed by atoms with Gasteiger partial charge in [0.25, 0.3) is 0 Å². The van der Waals surface area contributed by atoms with Crippen LogP contribution in [-0.2, 0) is 0 Å². The molecule has 1 aromatic heterocycles. The van der Waals surface area contributed by atoms with Crippen LogP contribution in [0.5, 0.6) is 5.75 Å². The fourth-order valence-corrected chi connectivity index (χ4v) is 4.33. The molecule has 2 aromatic carbocycles. The van der Waals surface area contributed by atoms with Crippen LogP contribution < -0.4 is 9.64 Å². The van der Waals surface area contributed by atoms with E-state index in [0.29, 0.717) is 0 Å². The maximum Gasteiger partial charge on any atom is 0.195 e. The van der Waals surface area contributed by atoms with Gasteiger partial charge in [-0.1, -0.05) is 60.9 Å². The van der Waals surface area contributed by atoms with Gasteiger partial charge in [0.2, 0.25) is 0 Å². The molecule has 3 rings (SSSR count). The quantitative estimate of drug-likeness (QED) is 0.464. The normalized spacial score (nSPS) is 10.5. The molecule has 0 fully saturated rings. The average molecular weight is 406 g/mol. The fraction of sp³-hybridized carbons (Fsp3) is 0.208. The summed E-state index contributed by atoms with van der Waals surface area (Å²) in [5.74, 6) is 0.843. The van der Waals surface area contributed by atoms with Crippen molar-refractivity contribution in [3.05, 3.63) is 77.8 Å². The summed E-state index contributed by atoms with van der Waals surface area (Å²) in [5.41, 5.74) is 6.15. The maximum atomic E-state index is 5.54. The predicted molar refractivity (Wildman–Crippen MR) is 125 cm³/mol. The van der Waals surface area contributed by atoms with Crippen LogP contribution >= 0.6 is 11.3 Å². The lowest BCUT2D eigenvalue weighted by Gasteiger charge is -2.21. The Bertz CT molecular complexity index is 1040. The largest absolute Gasteiger partial charge is 0.496 e. The highest BCUT2D eigenvalue weighted by atomic mass is 32.1. The molecule has 4 nitrogen and oxygen atoms in total. The number of aromatic nitrogens is 1. The van der Waals surface area contributed by atoms with Crippen LogP contribution in [0.2, 0.25) is 0 Å². The van der Waals surface area contributed by atoms with Gasteiger partial charge in [-0.25, -0.2) is 4.98 Å². The number of benzene rings is 2. The van der Waals surface area contributed by atoms with E-state index in [9.17, 15) is 0 Å². The third-order valence-electron chi connectivity index (χ3n) is 4.83. The van der Waals surface area contributed by atoms with Crippen molar-refractivity contribution in [1.82, 2.24) is 9.88 Å². The van der Waals surface area contributed by atoms with E-state index in [1.54, 1.807) is 24.6 Å². The van der Waals surface area contributed by atoms with E-state index < -0.39 is 0 Å². The Kier molecular flexibility index (Phi) is 6.09. The van der Waals surface area contributed by atoms with Crippen LogP contribution in [0.1, 0.15) is 16.0 Å². The van der Waals surface area contributed by atoms with Crippen molar-refractivity contribution in [2.75, 3.05) is 26.1 Å². The molecule has 0 saturated carbocycles. The molecule has 0 amide bonds. The third-order valence-corrected chi connectivity index (χ3v) is 5.93. The molecule has 0 N–H and O–H groups in total.